The SMILES string of the molecule is CC(C)c1cccc(C2C(=O)N(Cc3ccccc3)C(=O)N(c3ccccc3)C2=O)c1. The minimum atomic E-state index is -1.07. The number of rotatable bonds is 5. The van der Waals surface area contributed by atoms with Crippen LogP contribution >= 0.6 is 0 Å². The van der Waals surface area contributed by atoms with E-state index in [1.807, 2.05) is 54.6 Å². The Morgan fingerprint density at radius 3 is 2.06 bits per heavy atom. The van der Waals surface area contributed by atoms with Gasteiger partial charge in [-0.05, 0) is 34.7 Å². The second-order valence-electron chi connectivity index (χ2n) is 7.96. The Bertz CT molecular complexity index is 1110. The number of nitrogens with zero attached hydrogens (tertiary/aromatic N) is 2. The summed E-state index contributed by atoms with van der Waals surface area (Å²) < 4.78 is 0. The standard InChI is InChI=1S/C26H24N2O3/c1-18(2)20-12-9-13-21(16-20)23-24(29)27(17-19-10-5-3-6-11-19)26(31)28(25(23)30)22-14-7-4-8-15-22/h3-16,18,23H,17H2,1-2H3. The zero-order valence-corrected chi connectivity index (χ0v) is 17.6. The third-order valence-corrected chi connectivity index (χ3v) is 5.51. The van der Waals surface area contributed by atoms with Crippen LogP contribution in [0.1, 0.15) is 42.4 Å². The topological polar surface area (TPSA) is 57.7 Å². The molecule has 0 spiro atoms. The maximum atomic E-state index is 13.5. The van der Waals surface area contributed by atoms with Crippen LogP contribution in [0, 0.1) is 0 Å². The summed E-state index contributed by atoms with van der Waals surface area (Å²) in [4.78, 5) is 42.6. The monoisotopic (exact) mass is 412 g/mol. The van der Waals surface area contributed by atoms with Gasteiger partial charge in [0.15, 0.2) is 0 Å². The number of anilines is 1. The average molecular weight is 412 g/mol. The summed E-state index contributed by atoms with van der Waals surface area (Å²) >= 11 is 0. The van der Waals surface area contributed by atoms with Gasteiger partial charge in [0.2, 0.25) is 5.91 Å². The largest absolute Gasteiger partial charge is 0.338 e. The molecule has 1 fully saturated rings. The van der Waals surface area contributed by atoms with Crippen LogP contribution in [-0.4, -0.2) is 22.7 Å². The molecular weight excluding hydrogens is 388 g/mol. The molecule has 4 rings (SSSR count). The molecule has 31 heavy (non-hydrogen) atoms. The van der Waals surface area contributed by atoms with Gasteiger partial charge in [0.1, 0.15) is 5.92 Å². The number of carbonyl (C=O) groups excluding carboxylic acids is 3. The minimum absolute atomic E-state index is 0.107. The van der Waals surface area contributed by atoms with Crippen molar-refractivity contribution in [3.8, 4) is 0 Å². The van der Waals surface area contributed by atoms with E-state index in [4.69, 9.17) is 0 Å². The molecule has 0 aromatic heterocycles. The summed E-state index contributed by atoms with van der Waals surface area (Å²) in [7, 11) is 0. The fourth-order valence-electron chi connectivity index (χ4n) is 3.81. The summed E-state index contributed by atoms with van der Waals surface area (Å²) in [5, 5.41) is 0. The van der Waals surface area contributed by atoms with Crippen molar-refractivity contribution in [1.29, 1.82) is 0 Å². The highest BCUT2D eigenvalue weighted by Gasteiger charge is 2.47. The molecule has 0 radical (unpaired) electrons. The second-order valence-corrected chi connectivity index (χ2v) is 7.96. The van der Waals surface area contributed by atoms with Crippen LogP contribution < -0.4 is 4.90 Å². The van der Waals surface area contributed by atoms with Gasteiger partial charge in [0.05, 0.1) is 12.2 Å². The molecule has 1 heterocycles. The molecule has 1 atom stereocenters. The quantitative estimate of drug-likeness (QED) is 0.549. The minimum Gasteiger partial charge on any atom is -0.273 e. The fourth-order valence-corrected chi connectivity index (χ4v) is 3.81. The molecule has 0 N–H and O–H groups in total. The van der Waals surface area contributed by atoms with Crippen molar-refractivity contribution >= 4 is 23.5 Å². The van der Waals surface area contributed by atoms with Gasteiger partial charge in [0, 0.05) is 0 Å². The van der Waals surface area contributed by atoms with E-state index in [9.17, 15) is 14.4 Å². The Morgan fingerprint density at radius 2 is 1.42 bits per heavy atom. The van der Waals surface area contributed by atoms with E-state index in [0.717, 1.165) is 16.0 Å². The van der Waals surface area contributed by atoms with Crippen molar-refractivity contribution < 1.29 is 14.4 Å². The summed E-state index contributed by atoms with van der Waals surface area (Å²) in [6.07, 6.45) is 0. The first-order valence-electron chi connectivity index (χ1n) is 10.4. The molecule has 1 unspecified atom stereocenters. The normalized spacial score (nSPS) is 16.9. The first-order valence-corrected chi connectivity index (χ1v) is 10.4. The maximum absolute atomic E-state index is 13.5. The third-order valence-electron chi connectivity index (χ3n) is 5.51. The molecule has 3 aromatic rings. The number of imide groups is 2. The van der Waals surface area contributed by atoms with Crippen LogP contribution in [0.4, 0.5) is 10.5 Å². The molecule has 0 bridgehead atoms. The van der Waals surface area contributed by atoms with E-state index in [-0.39, 0.29) is 12.5 Å². The first-order chi connectivity index (χ1) is 15.0. The van der Waals surface area contributed by atoms with Crippen molar-refractivity contribution in [2.45, 2.75) is 32.2 Å². The molecule has 1 aliphatic heterocycles. The highest BCUT2D eigenvalue weighted by Crippen LogP contribution is 2.32. The maximum Gasteiger partial charge on any atom is 0.338 e. The number of carbonyl (C=O) groups is 3. The smallest absolute Gasteiger partial charge is 0.273 e. The zero-order chi connectivity index (χ0) is 22.0. The number of urea groups is 1. The molecule has 156 valence electrons. The lowest BCUT2D eigenvalue weighted by atomic mass is 9.90. The van der Waals surface area contributed by atoms with Crippen molar-refractivity contribution in [3.05, 3.63) is 102 Å². The molecule has 1 aliphatic rings. The lowest BCUT2D eigenvalue weighted by Crippen LogP contribution is -2.58. The predicted molar refractivity (Wildman–Crippen MR) is 120 cm³/mol. The van der Waals surface area contributed by atoms with Gasteiger partial charge >= 0.3 is 6.03 Å². The zero-order valence-electron chi connectivity index (χ0n) is 17.6. The van der Waals surface area contributed by atoms with Crippen LogP contribution in [0.25, 0.3) is 0 Å². The van der Waals surface area contributed by atoms with E-state index in [1.165, 1.54) is 4.90 Å². The van der Waals surface area contributed by atoms with Crippen LogP contribution in [0.5, 0.6) is 0 Å². The van der Waals surface area contributed by atoms with Gasteiger partial charge in [-0.2, -0.15) is 0 Å². The Kier molecular flexibility index (Phi) is 5.67. The molecular formula is C26H24N2O3. The third kappa shape index (κ3) is 3.99. The van der Waals surface area contributed by atoms with Crippen LogP contribution in [0.3, 0.4) is 0 Å². The van der Waals surface area contributed by atoms with Gasteiger partial charge in [-0.1, -0.05) is 86.6 Å². The van der Waals surface area contributed by atoms with Gasteiger partial charge in [-0.25, -0.2) is 9.69 Å². The van der Waals surface area contributed by atoms with Crippen LogP contribution in [-0.2, 0) is 16.1 Å². The average Bonchev–Trinajstić information content (AvgIpc) is 2.78. The number of hydrogen-bond donors (Lipinski definition) is 0. The lowest BCUT2D eigenvalue weighted by molar-refractivity contribution is -0.137. The molecule has 5 heteroatoms. The van der Waals surface area contributed by atoms with E-state index in [2.05, 4.69) is 13.8 Å². The number of hydrogen-bond acceptors (Lipinski definition) is 3. The molecule has 5 nitrogen and oxygen atoms in total. The van der Waals surface area contributed by atoms with Crippen molar-refractivity contribution in [1.82, 2.24) is 4.90 Å². The van der Waals surface area contributed by atoms with Crippen LogP contribution in [0.15, 0.2) is 84.9 Å². The van der Waals surface area contributed by atoms with Gasteiger partial charge < -0.3 is 0 Å². The number of amides is 4. The molecule has 0 aliphatic carbocycles. The second kappa shape index (κ2) is 8.56. The van der Waals surface area contributed by atoms with Crippen molar-refractivity contribution in [2.24, 2.45) is 0 Å². The van der Waals surface area contributed by atoms with Gasteiger partial charge in [-0.15, -0.1) is 0 Å². The highest BCUT2D eigenvalue weighted by molar-refractivity contribution is 6.29. The van der Waals surface area contributed by atoms with E-state index < -0.39 is 23.8 Å². The summed E-state index contributed by atoms with van der Waals surface area (Å²) in [6, 6.07) is 25.0. The summed E-state index contributed by atoms with van der Waals surface area (Å²) in [5.41, 5.74) is 2.91. The van der Waals surface area contributed by atoms with Crippen LogP contribution in [0.2, 0.25) is 0 Å². The van der Waals surface area contributed by atoms with Gasteiger partial charge in [-0.3, -0.25) is 14.5 Å². The van der Waals surface area contributed by atoms with E-state index in [1.54, 1.807) is 30.3 Å². The van der Waals surface area contributed by atoms with E-state index >= 15 is 0 Å². The Labute approximate surface area is 181 Å². The summed E-state index contributed by atoms with van der Waals surface area (Å²) in [6.45, 7) is 4.23. The lowest BCUT2D eigenvalue weighted by Gasteiger charge is -2.37. The molecule has 4 amide bonds. The fraction of sp³-hybridized carbons (Fsp3) is 0.192. The number of benzene rings is 3. The predicted octanol–water partition coefficient (Wildman–Crippen LogP) is 5.09. The molecule has 1 saturated heterocycles. The number of para-hydroxylation sites is 1. The Balaban J connectivity index is 1.80. The number of barbiturate groups is 1. The molecule has 0 saturated carbocycles. The Hall–Kier alpha value is -3.73. The van der Waals surface area contributed by atoms with E-state index in [0.29, 0.717) is 11.3 Å². The van der Waals surface area contributed by atoms with Gasteiger partial charge in [0.25, 0.3) is 5.91 Å². The van der Waals surface area contributed by atoms with Crippen molar-refractivity contribution in [3.63, 3.8) is 0 Å². The summed E-state index contributed by atoms with van der Waals surface area (Å²) in [5.74, 6) is -1.83. The first kappa shape index (κ1) is 20.5. The van der Waals surface area contributed by atoms with Crippen molar-refractivity contribution in [2.75, 3.05) is 4.90 Å². The Morgan fingerprint density at radius 1 is 0.774 bits per heavy atom. The molecule has 3 aromatic carbocycles. The highest BCUT2D eigenvalue weighted by atomic mass is 16.2.